The average Bonchev–Trinajstić information content (AvgIpc) is 3.22. The van der Waals surface area contributed by atoms with E-state index in [1.807, 2.05) is 0 Å². The van der Waals surface area contributed by atoms with Crippen molar-refractivity contribution in [2.45, 2.75) is 44.2 Å². The molecule has 1 saturated heterocycles. The Morgan fingerprint density at radius 3 is 2.93 bits per heavy atom. The van der Waals surface area contributed by atoms with Crippen molar-refractivity contribution in [3.8, 4) is 12.3 Å². The summed E-state index contributed by atoms with van der Waals surface area (Å²) in [5, 5.41) is 9.84. The first-order valence-electron chi connectivity index (χ1n) is 8.60. The molecule has 0 radical (unpaired) electrons. The number of rotatable bonds is 5. The minimum Gasteiger partial charge on any atom is -0.457 e. The molecule has 1 aliphatic heterocycles. The number of hydrogen-bond acceptors (Lipinski definition) is 9. The summed E-state index contributed by atoms with van der Waals surface area (Å²) < 4.78 is 26.3. The fraction of sp³-hybridized carbons (Fsp3) is 0.529. The van der Waals surface area contributed by atoms with Crippen LogP contribution in [0.3, 0.4) is 0 Å². The van der Waals surface area contributed by atoms with E-state index in [4.69, 9.17) is 27.4 Å². The largest absolute Gasteiger partial charge is 0.457 e. The van der Waals surface area contributed by atoms with Crippen LogP contribution in [0.5, 0.6) is 0 Å². The third kappa shape index (κ3) is 3.26. The predicted octanol–water partition coefficient (Wildman–Crippen LogP) is -0.274. The van der Waals surface area contributed by atoms with Crippen molar-refractivity contribution in [3.63, 3.8) is 0 Å². The average molecular weight is 392 g/mol. The number of nitrogens with zero attached hydrogens (tertiary/aromatic N) is 4. The summed E-state index contributed by atoms with van der Waals surface area (Å²) in [7, 11) is 0. The SMILES string of the molecule is C#C[C@]1(CO)O[C@@H](n2cnc3c(N)nc(F)nc32)C[C@@H]1OC(=O)[C@@H](N)C(C)C. The number of anilines is 1. The number of nitrogens with two attached hydrogens (primary N) is 2. The molecule has 0 aliphatic carbocycles. The van der Waals surface area contributed by atoms with Gasteiger partial charge in [0.25, 0.3) is 0 Å². The zero-order valence-corrected chi connectivity index (χ0v) is 15.4. The highest BCUT2D eigenvalue weighted by Gasteiger charge is 2.51. The van der Waals surface area contributed by atoms with Crippen LogP contribution in [0.4, 0.5) is 10.2 Å². The van der Waals surface area contributed by atoms with Crippen molar-refractivity contribution < 1.29 is 23.8 Å². The van der Waals surface area contributed by atoms with E-state index < -0.39 is 42.6 Å². The van der Waals surface area contributed by atoms with E-state index in [0.29, 0.717) is 0 Å². The Balaban J connectivity index is 1.94. The lowest BCUT2D eigenvalue weighted by Crippen LogP contribution is -2.47. The lowest BCUT2D eigenvalue weighted by Gasteiger charge is -2.28. The van der Waals surface area contributed by atoms with Gasteiger partial charge in [0, 0.05) is 6.42 Å². The highest BCUT2D eigenvalue weighted by atomic mass is 19.1. The van der Waals surface area contributed by atoms with E-state index in [9.17, 15) is 14.3 Å². The van der Waals surface area contributed by atoms with Crippen LogP contribution in [0, 0.1) is 24.3 Å². The quantitative estimate of drug-likeness (QED) is 0.354. The first kappa shape index (κ1) is 19.9. The molecule has 2 aromatic heterocycles. The molecule has 2 aromatic rings. The van der Waals surface area contributed by atoms with E-state index in [0.717, 1.165) is 0 Å². The molecule has 0 spiro atoms. The highest BCUT2D eigenvalue weighted by Crippen LogP contribution is 2.39. The van der Waals surface area contributed by atoms with Gasteiger partial charge in [-0.3, -0.25) is 9.36 Å². The maximum Gasteiger partial charge on any atom is 0.323 e. The summed E-state index contributed by atoms with van der Waals surface area (Å²) in [5.74, 6) is 1.41. The molecule has 5 N–H and O–H groups in total. The van der Waals surface area contributed by atoms with Gasteiger partial charge in [0.2, 0.25) is 0 Å². The maximum atomic E-state index is 13.6. The van der Waals surface area contributed by atoms with Crippen molar-refractivity contribution in [3.05, 3.63) is 12.4 Å². The van der Waals surface area contributed by atoms with Crippen LogP contribution < -0.4 is 11.5 Å². The number of carbonyl (C=O) groups is 1. The van der Waals surface area contributed by atoms with Crippen molar-refractivity contribution >= 4 is 23.0 Å². The number of fused-ring (bicyclic) bond motifs is 1. The molecule has 10 nitrogen and oxygen atoms in total. The lowest BCUT2D eigenvalue weighted by atomic mass is 9.98. The Bertz CT molecular complexity index is 942. The number of imidazole rings is 1. The van der Waals surface area contributed by atoms with Crippen LogP contribution in [0.15, 0.2) is 6.33 Å². The summed E-state index contributed by atoms with van der Waals surface area (Å²) in [6, 6.07) is -0.857. The Morgan fingerprint density at radius 1 is 1.61 bits per heavy atom. The minimum atomic E-state index is -1.59. The summed E-state index contributed by atoms with van der Waals surface area (Å²) >= 11 is 0. The Labute approximate surface area is 160 Å². The zero-order valence-electron chi connectivity index (χ0n) is 15.4. The molecule has 0 aromatic carbocycles. The van der Waals surface area contributed by atoms with Gasteiger partial charge in [-0.05, 0) is 5.92 Å². The number of aliphatic hydroxyl groups excluding tert-OH is 1. The number of terminal acetylenes is 1. The van der Waals surface area contributed by atoms with Crippen LogP contribution in [-0.2, 0) is 14.3 Å². The van der Waals surface area contributed by atoms with Gasteiger partial charge < -0.3 is 26.0 Å². The van der Waals surface area contributed by atoms with E-state index in [1.54, 1.807) is 13.8 Å². The van der Waals surface area contributed by atoms with E-state index >= 15 is 0 Å². The zero-order chi connectivity index (χ0) is 20.6. The van der Waals surface area contributed by atoms with Crippen LogP contribution in [0.25, 0.3) is 11.2 Å². The molecule has 28 heavy (non-hydrogen) atoms. The predicted molar refractivity (Wildman–Crippen MR) is 95.8 cm³/mol. The minimum absolute atomic E-state index is 0.0678. The monoisotopic (exact) mass is 392 g/mol. The van der Waals surface area contributed by atoms with Crippen LogP contribution in [0.1, 0.15) is 26.5 Å². The number of ether oxygens (including phenoxy) is 2. The molecule has 4 atom stereocenters. The Hall–Kier alpha value is -2.81. The number of halogens is 1. The first-order valence-corrected chi connectivity index (χ1v) is 8.60. The molecular weight excluding hydrogens is 371 g/mol. The van der Waals surface area contributed by atoms with E-state index in [2.05, 4.69) is 20.9 Å². The molecule has 0 unspecified atom stereocenters. The van der Waals surface area contributed by atoms with E-state index in [1.165, 1.54) is 10.9 Å². The second-order valence-electron chi connectivity index (χ2n) is 6.90. The number of aromatic nitrogens is 4. The number of carbonyl (C=O) groups excluding carboxylic acids is 1. The molecule has 3 rings (SSSR count). The van der Waals surface area contributed by atoms with Crippen LogP contribution >= 0.6 is 0 Å². The molecule has 0 amide bonds. The standard InChI is InChI=1S/C17H21FN6O4/c1-4-17(6-25)9(27-15(26)11(19)8(2)3)5-10(28-17)24-7-21-12-13(20)22-16(18)23-14(12)24/h1,7-11,25H,5-6,19H2,2-3H3,(H2,20,22,23)/t9-,10+,11-,17+/m0/s1. The summed E-state index contributed by atoms with van der Waals surface area (Å²) in [5.41, 5.74) is 10.2. The van der Waals surface area contributed by atoms with Crippen molar-refractivity contribution in [2.24, 2.45) is 11.7 Å². The van der Waals surface area contributed by atoms with Gasteiger partial charge in [0.05, 0.1) is 12.9 Å². The van der Waals surface area contributed by atoms with Crippen molar-refractivity contribution in [1.29, 1.82) is 0 Å². The molecule has 0 saturated carbocycles. The topological polar surface area (TPSA) is 151 Å². The van der Waals surface area contributed by atoms with Gasteiger partial charge in [-0.2, -0.15) is 14.4 Å². The second-order valence-corrected chi connectivity index (χ2v) is 6.90. The molecule has 1 fully saturated rings. The summed E-state index contributed by atoms with van der Waals surface area (Å²) in [6.45, 7) is 2.94. The third-order valence-electron chi connectivity index (χ3n) is 4.74. The van der Waals surface area contributed by atoms with Gasteiger partial charge in [0.1, 0.15) is 18.4 Å². The Kier molecular flexibility index (Phi) is 5.20. The summed E-state index contributed by atoms with van der Waals surface area (Å²) in [6.07, 6.45) is 4.13. The molecule has 150 valence electrons. The fourth-order valence-corrected chi connectivity index (χ4v) is 2.98. The van der Waals surface area contributed by atoms with E-state index in [-0.39, 0.29) is 29.3 Å². The highest BCUT2D eigenvalue weighted by molar-refractivity contribution is 5.81. The smallest absolute Gasteiger partial charge is 0.323 e. The first-order chi connectivity index (χ1) is 13.2. The number of nitrogen functional groups attached to an aromatic ring is 1. The van der Waals surface area contributed by atoms with Gasteiger partial charge in [0.15, 0.2) is 22.6 Å². The van der Waals surface area contributed by atoms with Gasteiger partial charge in [-0.15, -0.1) is 6.42 Å². The lowest BCUT2D eigenvalue weighted by molar-refractivity contribution is -0.161. The second kappa shape index (κ2) is 7.31. The molecular formula is C17H21FN6O4. The Morgan fingerprint density at radius 2 is 2.32 bits per heavy atom. The van der Waals surface area contributed by atoms with Crippen LogP contribution in [-0.4, -0.2) is 54.9 Å². The van der Waals surface area contributed by atoms with Gasteiger partial charge in [-0.25, -0.2) is 4.98 Å². The fourth-order valence-electron chi connectivity index (χ4n) is 2.98. The molecule has 11 heteroatoms. The normalized spacial score (nSPS) is 25.8. The number of esters is 1. The molecule has 0 bridgehead atoms. The number of aliphatic hydroxyl groups is 1. The third-order valence-corrected chi connectivity index (χ3v) is 4.74. The number of hydrogen-bond donors (Lipinski definition) is 3. The maximum absolute atomic E-state index is 13.6. The van der Waals surface area contributed by atoms with Crippen LogP contribution in [0.2, 0.25) is 0 Å². The van der Waals surface area contributed by atoms with Gasteiger partial charge in [-0.1, -0.05) is 19.8 Å². The van der Waals surface area contributed by atoms with Gasteiger partial charge >= 0.3 is 12.0 Å². The van der Waals surface area contributed by atoms with Crippen molar-refractivity contribution in [1.82, 2.24) is 19.5 Å². The summed E-state index contributed by atoms with van der Waals surface area (Å²) in [4.78, 5) is 23.5. The molecule has 3 heterocycles. The molecule has 1 aliphatic rings. The van der Waals surface area contributed by atoms with Crippen molar-refractivity contribution in [2.75, 3.05) is 12.3 Å².